The summed E-state index contributed by atoms with van der Waals surface area (Å²) >= 11 is 5.90. The molecule has 35 heavy (non-hydrogen) atoms. The van der Waals surface area contributed by atoms with Crippen molar-refractivity contribution in [3.05, 3.63) is 64.7 Å². The number of aromatic nitrogens is 3. The highest BCUT2D eigenvalue weighted by molar-refractivity contribution is 6.30. The summed E-state index contributed by atoms with van der Waals surface area (Å²) in [6.45, 7) is 3.86. The number of nitrogens with one attached hydrogen (secondary N) is 1. The number of rotatable bonds is 6. The van der Waals surface area contributed by atoms with Crippen LogP contribution in [-0.2, 0) is 6.18 Å². The quantitative estimate of drug-likeness (QED) is 0.521. The Morgan fingerprint density at radius 1 is 1.06 bits per heavy atom. The van der Waals surface area contributed by atoms with Gasteiger partial charge in [0.25, 0.3) is 5.91 Å². The van der Waals surface area contributed by atoms with Gasteiger partial charge in [-0.15, -0.1) is 0 Å². The third-order valence-corrected chi connectivity index (χ3v) is 5.52. The maximum atomic E-state index is 13.1. The number of halogens is 4. The van der Waals surface area contributed by atoms with Crippen LogP contribution in [0.1, 0.15) is 22.8 Å². The van der Waals surface area contributed by atoms with Gasteiger partial charge >= 0.3 is 12.2 Å². The summed E-state index contributed by atoms with van der Waals surface area (Å²) < 4.78 is 44.6. The molecular formula is C23H22ClF3N6O2. The van der Waals surface area contributed by atoms with Crippen LogP contribution in [0.15, 0.2) is 48.5 Å². The van der Waals surface area contributed by atoms with Gasteiger partial charge in [-0.1, -0.05) is 17.7 Å². The zero-order chi connectivity index (χ0) is 25.0. The maximum Gasteiger partial charge on any atom is 0.416 e. The molecule has 0 radical (unpaired) electrons. The average molecular weight is 507 g/mol. The molecule has 4 rings (SSSR count). The van der Waals surface area contributed by atoms with Crippen LogP contribution in [0.5, 0.6) is 6.01 Å². The van der Waals surface area contributed by atoms with Gasteiger partial charge in [0.05, 0.1) is 12.2 Å². The van der Waals surface area contributed by atoms with Gasteiger partial charge in [0.15, 0.2) is 0 Å². The molecule has 1 saturated heterocycles. The molecule has 1 N–H and O–H groups in total. The largest absolute Gasteiger partial charge is 0.464 e. The summed E-state index contributed by atoms with van der Waals surface area (Å²) in [4.78, 5) is 29.2. The van der Waals surface area contributed by atoms with Crippen molar-refractivity contribution >= 4 is 35.1 Å². The Labute approximate surface area is 204 Å². The monoisotopic (exact) mass is 506 g/mol. The normalized spacial score (nSPS) is 14.1. The van der Waals surface area contributed by atoms with E-state index in [-0.39, 0.29) is 23.6 Å². The Kier molecular flexibility index (Phi) is 7.25. The molecule has 12 heteroatoms. The second-order valence-electron chi connectivity index (χ2n) is 7.66. The van der Waals surface area contributed by atoms with E-state index >= 15 is 0 Å². The van der Waals surface area contributed by atoms with Gasteiger partial charge in [-0.2, -0.15) is 28.1 Å². The molecular weight excluding hydrogens is 485 g/mol. The van der Waals surface area contributed by atoms with Gasteiger partial charge in [-0.05, 0) is 49.4 Å². The molecule has 0 atom stereocenters. The van der Waals surface area contributed by atoms with E-state index in [1.54, 1.807) is 36.1 Å². The number of carbonyl (C=O) groups is 1. The summed E-state index contributed by atoms with van der Waals surface area (Å²) in [5.41, 5.74) is -0.0599. The first-order chi connectivity index (χ1) is 16.7. The number of hydrogen-bond acceptors (Lipinski definition) is 7. The molecule has 1 aromatic heterocycles. The standard InChI is InChI=1S/C23H22ClF3N6O2/c1-2-35-22-30-20(28-18-5-3-4-16(14-18)23(25,26)27)29-21(31-22)33-12-10-32(11-13-33)19(34)15-6-8-17(24)9-7-15/h3-9,14H,2,10-13H2,1H3,(H,28,29,30,31). The molecule has 184 valence electrons. The van der Waals surface area contributed by atoms with E-state index in [1.807, 2.05) is 4.90 Å². The molecule has 3 aromatic rings. The van der Waals surface area contributed by atoms with Crippen molar-refractivity contribution in [3.63, 3.8) is 0 Å². The third-order valence-electron chi connectivity index (χ3n) is 5.26. The first-order valence-electron chi connectivity index (χ1n) is 10.9. The number of benzene rings is 2. The van der Waals surface area contributed by atoms with Crippen molar-refractivity contribution < 1.29 is 22.7 Å². The van der Waals surface area contributed by atoms with Gasteiger partial charge in [0.2, 0.25) is 11.9 Å². The van der Waals surface area contributed by atoms with Gasteiger partial charge in [-0.25, -0.2) is 0 Å². The summed E-state index contributed by atoms with van der Waals surface area (Å²) in [6, 6.07) is 11.5. The molecule has 1 amide bonds. The minimum absolute atomic E-state index is 0.0478. The lowest BCUT2D eigenvalue weighted by molar-refractivity contribution is -0.137. The topological polar surface area (TPSA) is 83.5 Å². The average Bonchev–Trinajstić information content (AvgIpc) is 2.84. The predicted molar refractivity (Wildman–Crippen MR) is 125 cm³/mol. The number of anilines is 3. The molecule has 1 fully saturated rings. The molecule has 0 bridgehead atoms. The van der Waals surface area contributed by atoms with Gasteiger partial charge in [-0.3, -0.25) is 4.79 Å². The smallest absolute Gasteiger partial charge is 0.416 e. The Hall–Kier alpha value is -3.60. The van der Waals surface area contributed by atoms with E-state index in [0.29, 0.717) is 49.3 Å². The second kappa shape index (κ2) is 10.3. The summed E-state index contributed by atoms with van der Waals surface area (Å²) in [6.07, 6.45) is -4.47. The van der Waals surface area contributed by atoms with Crippen LogP contribution >= 0.6 is 11.6 Å². The minimum atomic E-state index is -4.47. The fourth-order valence-electron chi connectivity index (χ4n) is 3.52. The molecule has 1 aliphatic heterocycles. The summed E-state index contributed by atoms with van der Waals surface area (Å²) in [5.74, 6) is 0.257. The molecule has 1 aliphatic rings. The van der Waals surface area contributed by atoms with E-state index < -0.39 is 11.7 Å². The highest BCUT2D eigenvalue weighted by atomic mass is 35.5. The number of nitrogens with zero attached hydrogens (tertiary/aromatic N) is 5. The number of alkyl halides is 3. The minimum Gasteiger partial charge on any atom is -0.464 e. The Bertz CT molecular complexity index is 1180. The highest BCUT2D eigenvalue weighted by Gasteiger charge is 2.30. The fraction of sp³-hybridized carbons (Fsp3) is 0.304. The number of hydrogen-bond donors (Lipinski definition) is 1. The molecule has 0 unspecified atom stereocenters. The number of carbonyl (C=O) groups excluding carboxylic acids is 1. The first-order valence-corrected chi connectivity index (χ1v) is 11.2. The lowest BCUT2D eigenvalue weighted by Gasteiger charge is -2.34. The molecule has 8 nitrogen and oxygen atoms in total. The fourth-order valence-corrected chi connectivity index (χ4v) is 3.65. The number of amides is 1. The van der Waals surface area contributed by atoms with Gasteiger partial charge < -0.3 is 19.9 Å². The van der Waals surface area contributed by atoms with Gasteiger partial charge in [0.1, 0.15) is 0 Å². The Morgan fingerprint density at radius 2 is 1.77 bits per heavy atom. The van der Waals surface area contributed by atoms with E-state index in [0.717, 1.165) is 12.1 Å². The molecule has 0 saturated carbocycles. The van der Waals surface area contributed by atoms with Crippen molar-refractivity contribution in [2.45, 2.75) is 13.1 Å². The maximum absolute atomic E-state index is 13.1. The van der Waals surface area contributed by atoms with Crippen molar-refractivity contribution in [1.82, 2.24) is 19.9 Å². The predicted octanol–water partition coefficient (Wildman–Crippen LogP) is 4.65. The van der Waals surface area contributed by atoms with Crippen LogP contribution in [0.2, 0.25) is 5.02 Å². The summed E-state index contributed by atoms with van der Waals surface area (Å²) in [5, 5.41) is 3.36. The van der Waals surface area contributed by atoms with E-state index in [1.165, 1.54) is 12.1 Å². The Balaban J connectivity index is 1.49. The SMILES string of the molecule is CCOc1nc(Nc2cccc(C(F)(F)F)c2)nc(N2CCN(C(=O)c3ccc(Cl)cc3)CC2)n1. The van der Waals surface area contributed by atoms with Crippen molar-refractivity contribution in [3.8, 4) is 6.01 Å². The molecule has 0 aliphatic carbocycles. The molecule has 2 heterocycles. The van der Waals surface area contributed by atoms with Crippen LogP contribution in [0, 0.1) is 0 Å². The van der Waals surface area contributed by atoms with Crippen LogP contribution in [-0.4, -0.2) is 58.5 Å². The van der Waals surface area contributed by atoms with Crippen molar-refractivity contribution in [1.29, 1.82) is 0 Å². The number of ether oxygens (including phenoxy) is 1. The van der Waals surface area contributed by atoms with E-state index in [9.17, 15) is 18.0 Å². The molecule has 2 aromatic carbocycles. The van der Waals surface area contributed by atoms with Gasteiger partial charge in [0, 0.05) is 42.5 Å². The van der Waals surface area contributed by atoms with Crippen LogP contribution in [0.3, 0.4) is 0 Å². The number of piperazine rings is 1. The lowest BCUT2D eigenvalue weighted by Crippen LogP contribution is -2.49. The molecule has 0 spiro atoms. The third kappa shape index (κ3) is 6.10. The van der Waals surface area contributed by atoms with Crippen molar-refractivity contribution in [2.24, 2.45) is 0 Å². The first kappa shape index (κ1) is 24.5. The van der Waals surface area contributed by atoms with E-state index in [2.05, 4.69) is 20.3 Å². The van der Waals surface area contributed by atoms with Crippen LogP contribution < -0.4 is 15.0 Å². The Morgan fingerprint density at radius 3 is 2.43 bits per heavy atom. The van der Waals surface area contributed by atoms with Crippen LogP contribution in [0.4, 0.5) is 30.8 Å². The van der Waals surface area contributed by atoms with Crippen molar-refractivity contribution in [2.75, 3.05) is 43.0 Å². The zero-order valence-corrected chi connectivity index (χ0v) is 19.5. The lowest BCUT2D eigenvalue weighted by atomic mass is 10.2. The van der Waals surface area contributed by atoms with Crippen LogP contribution in [0.25, 0.3) is 0 Å². The zero-order valence-electron chi connectivity index (χ0n) is 18.7. The highest BCUT2D eigenvalue weighted by Crippen LogP contribution is 2.31. The second-order valence-corrected chi connectivity index (χ2v) is 8.10. The summed E-state index contributed by atoms with van der Waals surface area (Å²) in [7, 11) is 0. The van der Waals surface area contributed by atoms with E-state index in [4.69, 9.17) is 16.3 Å².